The van der Waals surface area contributed by atoms with Gasteiger partial charge in [0.25, 0.3) is 0 Å². The molecule has 3 rings (SSSR count). The Morgan fingerprint density at radius 1 is 1.00 bits per heavy atom. The smallest absolute Gasteiger partial charge is 0.141 e. The lowest BCUT2D eigenvalue weighted by atomic mass is 9.99. The second kappa shape index (κ2) is 8.15. The number of carbonyl (C=O) groups excluding carboxylic acids is 1. The lowest BCUT2D eigenvalue weighted by molar-refractivity contribution is -0.117. The second-order valence-corrected chi connectivity index (χ2v) is 6.67. The molecule has 3 nitrogen and oxygen atoms in total. The molecule has 26 heavy (non-hydrogen) atoms. The van der Waals surface area contributed by atoms with Crippen LogP contribution in [-0.2, 0) is 17.6 Å². The summed E-state index contributed by atoms with van der Waals surface area (Å²) < 4.78 is 5.31. The van der Waals surface area contributed by atoms with E-state index in [4.69, 9.17) is 16.3 Å². The predicted molar refractivity (Wildman–Crippen MR) is 105 cm³/mol. The summed E-state index contributed by atoms with van der Waals surface area (Å²) in [5.74, 6) is 0.809. The van der Waals surface area contributed by atoms with Crippen LogP contribution in [0.4, 0.5) is 0 Å². The summed E-state index contributed by atoms with van der Waals surface area (Å²) in [4.78, 5) is 16.7. The maximum absolute atomic E-state index is 12.5. The molecule has 0 atom stereocenters. The monoisotopic (exact) mass is 365 g/mol. The van der Waals surface area contributed by atoms with Crippen LogP contribution < -0.4 is 4.74 Å². The number of rotatable bonds is 6. The summed E-state index contributed by atoms with van der Waals surface area (Å²) in [6.45, 7) is 1.97. The molecule has 0 radical (unpaired) electrons. The molecule has 0 saturated heterocycles. The Labute approximate surface area is 158 Å². The summed E-state index contributed by atoms with van der Waals surface area (Å²) >= 11 is 6.03. The first-order valence-electron chi connectivity index (χ1n) is 8.41. The number of halogens is 1. The van der Waals surface area contributed by atoms with Gasteiger partial charge in [-0.05, 0) is 53.9 Å². The number of pyridine rings is 1. The first-order valence-corrected chi connectivity index (χ1v) is 8.79. The normalized spacial score (nSPS) is 10.6. The molecule has 1 heterocycles. The van der Waals surface area contributed by atoms with Gasteiger partial charge in [-0.25, -0.2) is 0 Å². The van der Waals surface area contributed by atoms with E-state index in [1.165, 1.54) is 0 Å². The third-order valence-corrected chi connectivity index (χ3v) is 4.45. The van der Waals surface area contributed by atoms with Crippen molar-refractivity contribution in [2.75, 3.05) is 7.11 Å². The molecule has 0 unspecified atom stereocenters. The fraction of sp³-hybridized carbons (Fsp3) is 0.182. The number of hydrogen-bond donors (Lipinski definition) is 0. The van der Waals surface area contributed by atoms with E-state index in [0.29, 0.717) is 23.6 Å². The number of carbonyl (C=O) groups is 1. The van der Waals surface area contributed by atoms with Gasteiger partial charge in [0.2, 0.25) is 0 Å². The number of ether oxygens (including phenoxy) is 1. The molecule has 0 bridgehead atoms. The highest BCUT2D eigenvalue weighted by molar-refractivity contribution is 6.30. The molecule has 0 aliphatic carbocycles. The Bertz CT molecular complexity index is 920. The average molecular weight is 366 g/mol. The van der Waals surface area contributed by atoms with E-state index in [0.717, 1.165) is 27.9 Å². The van der Waals surface area contributed by atoms with Gasteiger partial charge >= 0.3 is 0 Å². The predicted octanol–water partition coefficient (Wildman–Crippen LogP) is 5.07. The molecule has 0 amide bonds. The van der Waals surface area contributed by atoms with Crippen LogP contribution in [0.2, 0.25) is 5.02 Å². The number of Topliss-reactive ketones (excluding diaryl/α,β-unsaturated/α-hetero) is 1. The van der Waals surface area contributed by atoms with E-state index in [-0.39, 0.29) is 5.78 Å². The van der Waals surface area contributed by atoms with Crippen molar-refractivity contribution >= 4 is 17.4 Å². The number of nitrogens with zero attached hydrogens (tertiary/aromatic N) is 1. The second-order valence-electron chi connectivity index (χ2n) is 6.23. The van der Waals surface area contributed by atoms with Crippen molar-refractivity contribution in [1.29, 1.82) is 0 Å². The van der Waals surface area contributed by atoms with E-state index in [1.54, 1.807) is 31.5 Å². The quantitative estimate of drug-likeness (QED) is 0.612. The van der Waals surface area contributed by atoms with Crippen LogP contribution in [-0.4, -0.2) is 17.9 Å². The first-order chi connectivity index (χ1) is 12.5. The molecule has 0 saturated carbocycles. The minimum atomic E-state index is 0.123. The highest BCUT2D eigenvalue weighted by atomic mass is 35.5. The summed E-state index contributed by atoms with van der Waals surface area (Å²) in [6, 6.07) is 17.4. The Kier molecular flexibility index (Phi) is 5.69. The maximum atomic E-state index is 12.5. The zero-order valence-electron chi connectivity index (χ0n) is 14.8. The van der Waals surface area contributed by atoms with Crippen LogP contribution in [0, 0.1) is 6.92 Å². The first kappa shape index (κ1) is 18.2. The van der Waals surface area contributed by atoms with Gasteiger partial charge in [0.1, 0.15) is 11.5 Å². The highest BCUT2D eigenvalue weighted by Crippen LogP contribution is 2.24. The summed E-state index contributed by atoms with van der Waals surface area (Å²) in [7, 11) is 1.59. The fourth-order valence-corrected chi connectivity index (χ4v) is 3.12. The number of benzene rings is 2. The van der Waals surface area contributed by atoms with Crippen LogP contribution >= 0.6 is 11.6 Å². The van der Waals surface area contributed by atoms with Crippen LogP contribution in [0.1, 0.15) is 16.8 Å². The molecule has 0 N–H and O–H groups in total. The van der Waals surface area contributed by atoms with E-state index >= 15 is 0 Å². The zero-order chi connectivity index (χ0) is 18.5. The summed E-state index contributed by atoms with van der Waals surface area (Å²) in [6.07, 6.45) is 2.49. The number of methoxy groups -OCH3 is 1. The number of ketones is 1. The van der Waals surface area contributed by atoms with Gasteiger partial charge in [0.05, 0.1) is 7.11 Å². The van der Waals surface area contributed by atoms with Crippen molar-refractivity contribution in [1.82, 2.24) is 4.98 Å². The Hall–Kier alpha value is -2.65. The number of aromatic nitrogens is 1. The zero-order valence-corrected chi connectivity index (χ0v) is 15.6. The minimum absolute atomic E-state index is 0.123. The molecule has 0 spiro atoms. The number of hydrogen-bond acceptors (Lipinski definition) is 3. The average Bonchev–Trinajstić information content (AvgIpc) is 2.62. The van der Waals surface area contributed by atoms with Crippen molar-refractivity contribution in [2.45, 2.75) is 19.8 Å². The van der Waals surface area contributed by atoms with Gasteiger partial charge < -0.3 is 4.74 Å². The SMILES string of the molecule is COc1ccc(Cl)cc1CC(=O)Cc1ccc(-c2ccnc(C)c2)cc1. The van der Waals surface area contributed by atoms with E-state index in [2.05, 4.69) is 4.98 Å². The van der Waals surface area contributed by atoms with E-state index in [9.17, 15) is 4.79 Å². The lowest BCUT2D eigenvalue weighted by Gasteiger charge is -2.09. The molecule has 1 aromatic heterocycles. The van der Waals surface area contributed by atoms with E-state index < -0.39 is 0 Å². The molecular weight excluding hydrogens is 346 g/mol. The van der Waals surface area contributed by atoms with Gasteiger partial charge in [-0.3, -0.25) is 9.78 Å². The standard InChI is InChI=1S/C22H20ClNO2/c1-15-11-18(9-10-24-15)17-5-3-16(4-6-17)12-21(25)14-19-13-20(23)7-8-22(19)26-2/h3-11,13H,12,14H2,1-2H3. The van der Waals surface area contributed by atoms with Crippen LogP contribution in [0.15, 0.2) is 60.8 Å². The van der Waals surface area contributed by atoms with Crippen molar-refractivity contribution in [3.63, 3.8) is 0 Å². The van der Waals surface area contributed by atoms with Crippen molar-refractivity contribution in [2.24, 2.45) is 0 Å². The van der Waals surface area contributed by atoms with Gasteiger partial charge in [-0.1, -0.05) is 35.9 Å². The van der Waals surface area contributed by atoms with Crippen LogP contribution in [0.25, 0.3) is 11.1 Å². The summed E-state index contributed by atoms with van der Waals surface area (Å²) in [5, 5.41) is 0.602. The molecule has 2 aromatic carbocycles. The third-order valence-electron chi connectivity index (χ3n) is 4.22. The highest BCUT2D eigenvalue weighted by Gasteiger charge is 2.11. The molecule has 4 heteroatoms. The largest absolute Gasteiger partial charge is 0.496 e. The third kappa shape index (κ3) is 4.50. The fourth-order valence-electron chi connectivity index (χ4n) is 2.93. The lowest BCUT2D eigenvalue weighted by Crippen LogP contribution is -2.07. The molecular formula is C22H20ClNO2. The Morgan fingerprint density at radius 3 is 2.46 bits per heavy atom. The number of aryl methyl sites for hydroxylation is 1. The van der Waals surface area contributed by atoms with Crippen molar-refractivity contribution in [3.05, 3.63) is 82.6 Å². The molecule has 0 fully saturated rings. The van der Waals surface area contributed by atoms with Gasteiger partial charge in [0, 0.05) is 35.3 Å². The topological polar surface area (TPSA) is 39.2 Å². The molecule has 0 aliphatic heterocycles. The minimum Gasteiger partial charge on any atom is -0.496 e. The molecule has 0 aliphatic rings. The van der Waals surface area contributed by atoms with E-state index in [1.807, 2.05) is 43.3 Å². The molecule has 3 aromatic rings. The summed E-state index contributed by atoms with van der Waals surface area (Å²) in [5.41, 5.74) is 5.03. The van der Waals surface area contributed by atoms with Crippen molar-refractivity contribution in [3.8, 4) is 16.9 Å². The van der Waals surface area contributed by atoms with Gasteiger partial charge in [0.15, 0.2) is 0 Å². The van der Waals surface area contributed by atoms with Crippen LogP contribution in [0.5, 0.6) is 5.75 Å². The Balaban J connectivity index is 1.69. The molecule has 132 valence electrons. The Morgan fingerprint density at radius 2 is 1.77 bits per heavy atom. The van der Waals surface area contributed by atoms with Gasteiger partial charge in [-0.2, -0.15) is 0 Å². The van der Waals surface area contributed by atoms with Crippen molar-refractivity contribution < 1.29 is 9.53 Å². The maximum Gasteiger partial charge on any atom is 0.141 e. The van der Waals surface area contributed by atoms with Gasteiger partial charge in [-0.15, -0.1) is 0 Å². The van der Waals surface area contributed by atoms with Crippen LogP contribution in [0.3, 0.4) is 0 Å².